The van der Waals surface area contributed by atoms with Crippen molar-refractivity contribution in [2.24, 2.45) is 11.3 Å². The van der Waals surface area contributed by atoms with E-state index in [1.54, 1.807) is 0 Å². The van der Waals surface area contributed by atoms with Gasteiger partial charge in [-0.05, 0) is 56.3 Å². The summed E-state index contributed by atoms with van der Waals surface area (Å²) in [7, 11) is 2.10. The number of rotatable bonds is 5. The molecule has 20 heavy (non-hydrogen) atoms. The summed E-state index contributed by atoms with van der Waals surface area (Å²) in [5.74, 6) is 0.768. The molecule has 0 unspecified atom stereocenters. The Balaban J connectivity index is 1.93. The third-order valence-electron chi connectivity index (χ3n) is 4.47. The Hall–Kier alpha value is -0.860. The number of benzene rings is 1. The Kier molecular flexibility index (Phi) is 5.22. The quantitative estimate of drug-likeness (QED) is 0.760. The van der Waals surface area contributed by atoms with E-state index in [0.717, 1.165) is 36.9 Å². The molecule has 110 valence electrons. The van der Waals surface area contributed by atoms with Crippen LogP contribution in [0.15, 0.2) is 24.3 Å². The summed E-state index contributed by atoms with van der Waals surface area (Å²) in [4.78, 5) is 13.8. The van der Waals surface area contributed by atoms with E-state index in [-0.39, 0.29) is 5.41 Å². The lowest BCUT2D eigenvalue weighted by Crippen LogP contribution is -2.39. The molecule has 1 aromatic rings. The first-order chi connectivity index (χ1) is 9.53. The van der Waals surface area contributed by atoms with Gasteiger partial charge in [0.15, 0.2) is 0 Å². The molecule has 3 heteroatoms. The van der Waals surface area contributed by atoms with Crippen LogP contribution in [-0.2, 0) is 11.3 Å². The third-order valence-corrected chi connectivity index (χ3v) is 4.72. The minimum absolute atomic E-state index is 0.131. The van der Waals surface area contributed by atoms with E-state index in [4.69, 9.17) is 11.6 Å². The van der Waals surface area contributed by atoms with Gasteiger partial charge in [0.2, 0.25) is 0 Å². The van der Waals surface area contributed by atoms with Gasteiger partial charge in [-0.25, -0.2) is 0 Å². The average Bonchev–Trinajstić information content (AvgIpc) is 2.44. The molecule has 0 heterocycles. The van der Waals surface area contributed by atoms with Crippen molar-refractivity contribution in [3.8, 4) is 0 Å². The van der Waals surface area contributed by atoms with Crippen molar-refractivity contribution in [3.05, 3.63) is 34.9 Å². The van der Waals surface area contributed by atoms with Crippen molar-refractivity contribution in [2.75, 3.05) is 13.6 Å². The molecule has 0 amide bonds. The molecule has 0 aliphatic heterocycles. The van der Waals surface area contributed by atoms with Crippen molar-refractivity contribution in [1.29, 1.82) is 0 Å². The minimum Gasteiger partial charge on any atom is -0.303 e. The Morgan fingerprint density at radius 2 is 1.90 bits per heavy atom. The molecular formula is C17H24ClNO. The van der Waals surface area contributed by atoms with Crippen LogP contribution in [0.4, 0.5) is 0 Å². The third kappa shape index (κ3) is 4.07. The molecule has 0 N–H and O–H groups in total. The van der Waals surface area contributed by atoms with E-state index in [2.05, 4.69) is 31.0 Å². The highest BCUT2D eigenvalue weighted by Crippen LogP contribution is 2.37. The van der Waals surface area contributed by atoms with Crippen LogP contribution in [0.5, 0.6) is 0 Å². The smallest absolute Gasteiger partial charge is 0.127 e. The molecule has 0 radical (unpaired) electrons. The van der Waals surface area contributed by atoms with Crippen molar-refractivity contribution < 1.29 is 4.79 Å². The lowest BCUT2D eigenvalue weighted by Gasteiger charge is -2.37. The molecular weight excluding hydrogens is 270 g/mol. The van der Waals surface area contributed by atoms with E-state index in [1.165, 1.54) is 24.7 Å². The van der Waals surface area contributed by atoms with Crippen LogP contribution in [-0.4, -0.2) is 24.8 Å². The SMILES string of the molecule is CC1CCC(C=O)(CN(C)Cc2ccc(Cl)cc2)CC1. The highest BCUT2D eigenvalue weighted by Gasteiger charge is 2.34. The molecule has 1 saturated carbocycles. The fraction of sp³-hybridized carbons (Fsp3) is 0.588. The summed E-state index contributed by atoms with van der Waals surface area (Å²) in [6.07, 6.45) is 5.61. The standard InChI is InChI=1S/C17H24ClNO/c1-14-7-9-17(13-20,10-8-14)12-19(2)11-15-3-5-16(18)6-4-15/h3-6,13-14H,7-12H2,1-2H3. The average molecular weight is 294 g/mol. The van der Waals surface area contributed by atoms with E-state index in [1.807, 2.05) is 12.1 Å². The number of hydrogen-bond donors (Lipinski definition) is 0. The Labute approximate surface area is 127 Å². The highest BCUT2D eigenvalue weighted by atomic mass is 35.5. The van der Waals surface area contributed by atoms with Crippen molar-refractivity contribution >= 4 is 17.9 Å². The Bertz CT molecular complexity index is 435. The maximum atomic E-state index is 11.6. The van der Waals surface area contributed by atoms with Gasteiger partial charge in [0.1, 0.15) is 6.29 Å². The molecule has 1 aromatic carbocycles. The summed E-state index contributed by atoms with van der Waals surface area (Å²) in [5, 5.41) is 0.766. The van der Waals surface area contributed by atoms with Gasteiger partial charge in [-0.15, -0.1) is 0 Å². The Morgan fingerprint density at radius 1 is 1.30 bits per heavy atom. The second-order valence-corrected chi connectivity index (χ2v) is 6.90. The molecule has 0 spiro atoms. The second-order valence-electron chi connectivity index (χ2n) is 6.46. The normalized spacial score (nSPS) is 26.7. The van der Waals surface area contributed by atoms with Gasteiger partial charge in [0, 0.05) is 23.5 Å². The molecule has 2 nitrogen and oxygen atoms in total. The molecule has 0 saturated heterocycles. The Morgan fingerprint density at radius 3 is 2.45 bits per heavy atom. The predicted molar refractivity (Wildman–Crippen MR) is 83.9 cm³/mol. The predicted octanol–water partition coefficient (Wildman–Crippen LogP) is 4.17. The first kappa shape index (κ1) is 15.5. The zero-order chi connectivity index (χ0) is 14.6. The first-order valence-electron chi connectivity index (χ1n) is 7.42. The van der Waals surface area contributed by atoms with Gasteiger partial charge in [-0.1, -0.05) is 30.7 Å². The number of carbonyl (C=O) groups excluding carboxylic acids is 1. The summed E-state index contributed by atoms with van der Waals surface area (Å²) in [5.41, 5.74) is 1.11. The largest absolute Gasteiger partial charge is 0.303 e. The number of nitrogens with zero attached hydrogens (tertiary/aromatic N) is 1. The van der Waals surface area contributed by atoms with Crippen LogP contribution in [0.3, 0.4) is 0 Å². The maximum absolute atomic E-state index is 11.6. The number of carbonyl (C=O) groups is 1. The van der Waals surface area contributed by atoms with Gasteiger partial charge in [-0.2, -0.15) is 0 Å². The fourth-order valence-corrected chi connectivity index (χ4v) is 3.27. The number of halogens is 1. The van der Waals surface area contributed by atoms with Crippen LogP contribution >= 0.6 is 11.6 Å². The summed E-state index contributed by atoms with van der Waals surface area (Å²) in [6.45, 7) is 4.00. The molecule has 0 atom stereocenters. The van der Waals surface area contributed by atoms with Gasteiger partial charge in [-0.3, -0.25) is 0 Å². The van der Waals surface area contributed by atoms with E-state index < -0.39 is 0 Å². The molecule has 0 bridgehead atoms. The van der Waals surface area contributed by atoms with Crippen molar-refractivity contribution in [2.45, 2.75) is 39.2 Å². The van der Waals surface area contributed by atoms with Gasteiger partial charge in [0.25, 0.3) is 0 Å². The second kappa shape index (κ2) is 6.73. The topological polar surface area (TPSA) is 20.3 Å². The molecule has 2 rings (SSSR count). The van der Waals surface area contributed by atoms with Gasteiger partial charge < -0.3 is 9.69 Å². The van der Waals surface area contributed by atoms with Crippen molar-refractivity contribution in [3.63, 3.8) is 0 Å². The van der Waals surface area contributed by atoms with E-state index in [0.29, 0.717) is 0 Å². The highest BCUT2D eigenvalue weighted by molar-refractivity contribution is 6.30. The lowest BCUT2D eigenvalue weighted by atomic mass is 9.71. The maximum Gasteiger partial charge on any atom is 0.127 e. The van der Waals surface area contributed by atoms with Gasteiger partial charge in [0.05, 0.1) is 0 Å². The molecule has 1 fully saturated rings. The zero-order valence-corrected chi connectivity index (χ0v) is 13.2. The van der Waals surface area contributed by atoms with Crippen LogP contribution in [0.25, 0.3) is 0 Å². The summed E-state index contributed by atoms with van der Waals surface area (Å²) >= 11 is 5.90. The van der Waals surface area contributed by atoms with E-state index >= 15 is 0 Å². The molecule has 0 aromatic heterocycles. The lowest BCUT2D eigenvalue weighted by molar-refractivity contribution is -0.119. The van der Waals surface area contributed by atoms with E-state index in [9.17, 15) is 4.79 Å². The summed E-state index contributed by atoms with van der Waals surface area (Å²) < 4.78 is 0. The number of aldehydes is 1. The van der Waals surface area contributed by atoms with Crippen molar-refractivity contribution in [1.82, 2.24) is 4.90 Å². The fourth-order valence-electron chi connectivity index (χ4n) is 3.15. The zero-order valence-electron chi connectivity index (χ0n) is 12.4. The monoisotopic (exact) mass is 293 g/mol. The van der Waals surface area contributed by atoms with Crippen LogP contribution in [0.2, 0.25) is 5.02 Å². The number of hydrogen-bond acceptors (Lipinski definition) is 2. The summed E-state index contributed by atoms with van der Waals surface area (Å²) in [6, 6.07) is 7.94. The van der Waals surface area contributed by atoms with Crippen LogP contribution < -0.4 is 0 Å². The molecule has 1 aliphatic carbocycles. The van der Waals surface area contributed by atoms with Crippen LogP contribution in [0, 0.1) is 11.3 Å². The first-order valence-corrected chi connectivity index (χ1v) is 7.80. The van der Waals surface area contributed by atoms with Gasteiger partial charge >= 0.3 is 0 Å². The van der Waals surface area contributed by atoms with Crippen LogP contribution in [0.1, 0.15) is 38.2 Å². The molecule has 1 aliphatic rings. The minimum atomic E-state index is -0.131.